The molecule has 0 saturated carbocycles. The topological polar surface area (TPSA) is 57.0 Å². The van der Waals surface area contributed by atoms with Gasteiger partial charge in [-0.1, -0.05) is 38.1 Å². The molecule has 0 amide bonds. The molecule has 5 heteroatoms. The number of esters is 1. The molecule has 0 aliphatic rings. The Morgan fingerprint density at radius 1 is 1.32 bits per heavy atom. The van der Waals surface area contributed by atoms with E-state index in [4.69, 9.17) is 0 Å². The normalized spacial score (nSPS) is 10.7. The summed E-state index contributed by atoms with van der Waals surface area (Å²) in [7, 11) is 1.31. The van der Waals surface area contributed by atoms with Crippen molar-refractivity contribution < 1.29 is 9.53 Å². The molecule has 1 aromatic heterocycles. The Morgan fingerprint density at radius 2 is 2.00 bits per heavy atom. The number of benzene rings is 1. The van der Waals surface area contributed by atoms with Crippen LogP contribution < -0.4 is 0 Å². The number of rotatable bonds is 4. The molecule has 0 atom stereocenters. The van der Waals surface area contributed by atoms with E-state index in [1.807, 2.05) is 0 Å². The SMILES string of the molecule is COC(=O)c1ncn(Cc2ccc(C(C)C)cc2)n1. The van der Waals surface area contributed by atoms with Crippen molar-refractivity contribution in [3.8, 4) is 0 Å². The highest BCUT2D eigenvalue weighted by Crippen LogP contribution is 2.15. The summed E-state index contributed by atoms with van der Waals surface area (Å²) in [5.41, 5.74) is 2.42. The quantitative estimate of drug-likeness (QED) is 0.790. The summed E-state index contributed by atoms with van der Waals surface area (Å²) in [4.78, 5) is 15.1. The first-order valence-corrected chi connectivity index (χ1v) is 6.16. The van der Waals surface area contributed by atoms with Crippen LogP contribution in [0.25, 0.3) is 0 Å². The van der Waals surface area contributed by atoms with Crippen LogP contribution >= 0.6 is 0 Å². The second kappa shape index (κ2) is 5.65. The van der Waals surface area contributed by atoms with Crippen molar-refractivity contribution in [3.63, 3.8) is 0 Å². The van der Waals surface area contributed by atoms with Crippen LogP contribution in [0.3, 0.4) is 0 Å². The molecule has 0 radical (unpaired) electrons. The van der Waals surface area contributed by atoms with E-state index in [0.717, 1.165) is 5.56 Å². The lowest BCUT2D eigenvalue weighted by Gasteiger charge is -2.06. The Kier molecular flexibility index (Phi) is 3.94. The molecule has 5 nitrogen and oxygen atoms in total. The average Bonchev–Trinajstić information content (AvgIpc) is 2.87. The predicted octanol–water partition coefficient (Wildman–Crippen LogP) is 2.24. The molecule has 0 bridgehead atoms. The van der Waals surface area contributed by atoms with Gasteiger partial charge in [-0.25, -0.2) is 14.5 Å². The van der Waals surface area contributed by atoms with Crippen molar-refractivity contribution in [2.45, 2.75) is 26.3 Å². The van der Waals surface area contributed by atoms with E-state index in [1.54, 1.807) is 4.68 Å². The van der Waals surface area contributed by atoms with E-state index in [1.165, 1.54) is 19.0 Å². The summed E-state index contributed by atoms with van der Waals surface area (Å²) in [6, 6.07) is 8.35. The third-order valence-corrected chi connectivity index (χ3v) is 2.90. The van der Waals surface area contributed by atoms with E-state index in [2.05, 4.69) is 52.9 Å². The van der Waals surface area contributed by atoms with Gasteiger partial charge in [0.05, 0.1) is 13.7 Å². The Hall–Kier alpha value is -2.17. The molecule has 100 valence electrons. The van der Waals surface area contributed by atoms with E-state index in [9.17, 15) is 4.79 Å². The van der Waals surface area contributed by atoms with Crippen LogP contribution in [0.15, 0.2) is 30.6 Å². The first-order valence-electron chi connectivity index (χ1n) is 6.16. The first kappa shape index (κ1) is 13.3. The molecular weight excluding hydrogens is 242 g/mol. The standard InChI is InChI=1S/C14H17N3O2/c1-10(2)12-6-4-11(5-7-12)8-17-9-15-13(16-17)14(18)19-3/h4-7,9-10H,8H2,1-3H3. The van der Waals surface area contributed by atoms with Crippen LogP contribution in [0.2, 0.25) is 0 Å². The van der Waals surface area contributed by atoms with Crippen LogP contribution in [0.1, 0.15) is 41.5 Å². The average molecular weight is 259 g/mol. The van der Waals surface area contributed by atoms with E-state index >= 15 is 0 Å². The minimum Gasteiger partial charge on any atom is -0.463 e. The zero-order valence-electron chi connectivity index (χ0n) is 11.3. The first-order chi connectivity index (χ1) is 9.10. The molecule has 0 aliphatic heterocycles. The summed E-state index contributed by atoms with van der Waals surface area (Å²) in [5.74, 6) is 0.0848. The van der Waals surface area contributed by atoms with Gasteiger partial charge in [-0.2, -0.15) is 0 Å². The van der Waals surface area contributed by atoms with Gasteiger partial charge >= 0.3 is 5.97 Å². The van der Waals surface area contributed by atoms with Crippen LogP contribution in [0, 0.1) is 0 Å². The van der Waals surface area contributed by atoms with E-state index in [-0.39, 0.29) is 5.82 Å². The number of nitrogens with zero attached hydrogens (tertiary/aromatic N) is 3. The van der Waals surface area contributed by atoms with Crippen molar-refractivity contribution in [2.24, 2.45) is 0 Å². The van der Waals surface area contributed by atoms with Gasteiger partial charge in [-0.3, -0.25) is 0 Å². The predicted molar refractivity (Wildman–Crippen MR) is 71.0 cm³/mol. The van der Waals surface area contributed by atoms with Gasteiger partial charge in [0.2, 0.25) is 0 Å². The van der Waals surface area contributed by atoms with Gasteiger partial charge in [0.1, 0.15) is 6.33 Å². The van der Waals surface area contributed by atoms with Gasteiger partial charge < -0.3 is 4.74 Å². The molecule has 2 aromatic rings. The highest BCUT2D eigenvalue weighted by molar-refractivity contribution is 5.84. The van der Waals surface area contributed by atoms with E-state index in [0.29, 0.717) is 12.5 Å². The van der Waals surface area contributed by atoms with Crippen molar-refractivity contribution in [1.82, 2.24) is 14.8 Å². The van der Waals surface area contributed by atoms with Crippen molar-refractivity contribution in [3.05, 3.63) is 47.5 Å². The van der Waals surface area contributed by atoms with Gasteiger partial charge in [-0.15, -0.1) is 5.10 Å². The van der Waals surface area contributed by atoms with Crippen LogP contribution in [-0.2, 0) is 11.3 Å². The molecule has 19 heavy (non-hydrogen) atoms. The van der Waals surface area contributed by atoms with Crippen LogP contribution in [0.5, 0.6) is 0 Å². The Labute approximate surface area is 112 Å². The number of hydrogen-bond donors (Lipinski definition) is 0. The highest BCUT2D eigenvalue weighted by atomic mass is 16.5. The third kappa shape index (κ3) is 3.19. The summed E-state index contributed by atoms with van der Waals surface area (Å²) >= 11 is 0. The van der Waals surface area contributed by atoms with Gasteiger partial charge in [0.15, 0.2) is 0 Å². The lowest BCUT2D eigenvalue weighted by molar-refractivity contribution is 0.0586. The maximum atomic E-state index is 11.2. The fraction of sp³-hybridized carbons (Fsp3) is 0.357. The molecule has 0 fully saturated rings. The molecule has 0 aliphatic carbocycles. The van der Waals surface area contributed by atoms with Crippen molar-refractivity contribution >= 4 is 5.97 Å². The minimum absolute atomic E-state index is 0.0845. The zero-order valence-corrected chi connectivity index (χ0v) is 11.3. The van der Waals surface area contributed by atoms with Gasteiger partial charge in [0, 0.05) is 0 Å². The number of carbonyl (C=O) groups excluding carboxylic acids is 1. The van der Waals surface area contributed by atoms with Crippen LogP contribution in [-0.4, -0.2) is 27.8 Å². The van der Waals surface area contributed by atoms with Crippen LogP contribution in [0.4, 0.5) is 0 Å². The Morgan fingerprint density at radius 3 is 2.58 bits per heavy atom. The number of hydrogen-bond acceptors (Lipinski definition) is 4. The molecule has 1 heterocycles. The monoisotopic (exact) mass is 259 g/mol. The molecular formula is C14H17N3O2. The second-order valence-corrected chi connectivity index (χ2v) is 4.65. The molecule has 2 rings (SSSR count). The Balaban J connectivity index is 2.08. The molecule has 0 saturated heterocycles. The van der Waals surface area contributed by atoms with Crippen molar-refractivity contribution in [2.75, 3.05) is 7.11 Å². The lowest BCUT2D eigenvalue weighted by Crippen LogP contribution is -2.06. The highest BCUT2D eigenvalue weighted by Gasteiger charge is 2.11. The molecule has 0 unspecified atom stereocenters. The number of methoxy groups -OCH3 is 1. The fourth-order valence-corrected chi connectivity index (χ4v) is 1.75. The number of ether oxygens (including phenoxy) is 1. The summed E-state index contributed by atoms with van der Waals surface area (Å²) in [6.45, 7) is 4.91. The lowest BCUT2D eigenvalue weighted by atomic mass is 10.0. The summed E-state index contributed by atoms with van der Waals surface area (Å²) < 4.78 is 6.19. The maximum absolute atomic E-state index is 11.2. The number of carbonyl (C=O) groups is 1. The largest absolute Gasteiger partial charge is 0.463 e. The minimum atomic E-state index is -0.520. The Bertz CT molecular complexity index is 558. The smallest absolute Gasteiger partial charge is 0.377 e. The molecule has 0 spiro atoms. The second-order valence-electron chi connectivity index (χ2n) is 4.65. The zero-order chi connectivity index (χ0) is 13.8. The fourth-order valence-electron chi connectivity index (χ4n) is 1.75. The summed E-state index contributed by atoms with van der Waals surface area (Å²) in [5, 5.41) is 4.06. The molecule has 1 aromatic carbocycles. The van der Waals surface area contributed by atoms with E-state index < -0.39 is 5.97 Å². The van der Waals surface area contributed by atoms with Crippen molar-refractivity contribution in [1.29, 1.82) is 0 Å². The summed E-state index contributed by atoms with van der Waals surface area (Å²) in [6.07, 6.45) is 1.53. The van der Waals surface area contributed by atoms with Gasteiger partial charge in [-0.05, 0) is 17.0 Å². The van der Waals surface area contributed by atoms with Gasteiger partial charge in [0.25, 0.3) is 5.82 Å². The maximum Gasteiger partial charge on any atom is 0.377 e. The molecule has 0 N–H and O–H groups in total. The third-order valence-electron chi connectivity index (χ3n) is 2.90. The number of aromatic nitrogens is 3.